The number of ether oxygens (including phenoxy) is 3. The van der Waals surface area contributed by atoms with Crippen molar-refractivity contribution in [2.24, 2.45) is 0 Å². The summed E-state index contributed by atoms with van der Waals surface area (Å²) in [6.07, 6.45) is 0.734. The lowest BCUT2D eigenvalue weighted by Crippen LogP contribution is -2.36. The van der Waals surface area contributed by atoms with Crippen LogP contribution in [0.25, 0.3) is 21.8 Å². The second-order valence-electron chi connectivity index (χ2n) is 8.32. The number of para-hydroxylation sites is 1. The summed E-state index contributed by atoms with van der Waals surface area (Å²) in [6, 6.07) is 21.9. The quantitative estimate of drug-likeness (QED) is 0.369. The van der Waals surface area contributed by atoms with E-state index in [1.165, 1.54) is 0 Å². The monoisotopic (exact) mass is 460 g/mol. The van der Waals surface area contributed by atoms with Gasteiger partial charge in [-0.3, -0.25) is 4.79 Å². The molecule has 0 bridgehead atoms. The molecular formula is C27H28N2O5. The number of aliphatic carboxylic acids is 1. The molecule has 1 N–H and O–H groups in total. The number of hydrogen-bond donors (Lipinski definition) is 1. The molecule has 1 aromatic heterocycles. The molecule has 0 unspecified atom stereocenters. The maximum atomic E-state index is 11.4. The van der Waals surface area contributed by atoms with Crippen molar-refractivity contribution in [2.45, 2.75) is 13.0 Å². The van der Waals surface area contributed by atoms with E-state index in [1.807, 2.05) is 59.2 Å². The molecule has 7 nitrogen and oxygen atoms in total. The maximum Gasteiger partial charge on any atom is 0.323 e. The van der Waals surface area contributed by atoms with Gasteiger partial charge in [-0.15, -0.1) is 0 Å². The first kappa shape index (κ1) is 22.1. The second kappa shape index (κ2) is 10.1. The standard InChI is InChI=1S/C27H28N2O5/c30-27(31)19-29-25-8-2-1-7-23(25)24-10-9-22(18-26(24)29)34-14-4-13-33-21-6-3-5-20(17-21)28-11-15-32-16-12-28/h1-3,5-10,17-18H,4,11-16,19H2,(H,30,31). The fourth-order valence-electron chi connectivity index (χ4n) is 4.45. The van der Waals surface area contributed by atoms with E-state index in [4.69, 9.17) is 14.2 Å². The highest BCUT2D eigenvalue weighted by molar-refractivity contribution is 6.08. The van der Waals surface area contributed by atoms with Gasteiger partial charge < -0.3 is 28.8 Å². The van der Waals surface area contributed by atoms with Gasteiger partial charge in [0.15, 0.2) is 0 Å². The number of morpholine rings is 1. The molecule has 7 heteroatoms. The Morgan fingerprint density at radius 3 is 2.38 bits per heavy atom. The average Bonchev–Trinajstić information content (AvgIpc) is 3.17. The lowest BCUT2D eigenvalue weighted by atomic mass is 10.1. The molecule has 4 aromatic rings. The van der Waals surface area contributed by atoms with Gasteiger partial charge in [0.1, 0.15) is 18.0 Å². The summed E-state index contributed by atoms with van der Waals surface area (Å²) in [4.78, 5) is 13.7. The van der Waals surface area contributed by atoms with Crippen molar-refractivity contribution in [3.8, 4) is 11.5 Å². The minimum absolute atomic E-state index is 0.0924. The van der Waals surface area contributed by atoms with Gasteiger partial charge >= 0.3 is 5.97 Å². The summed E-state index contributed by atoms with van der Waals surface area (Å²) < 4.78 is 19.2. The van der Waals surface area contributed by atoms with Crippen molar-refractivity contribution in [3.05, 3.63) is 66.7 Å². The second-order valence-corrected chi connectivity index (χ2v) is 8.32. The Balaban J connectivity index is 1.20. The highest BCUT2D eigenvalue weighted by Crippen LogP contribution is 2.31. The number of hydrogen-bond acceptors (Lipinski definition) is 5. The number of fused-ring (bicyclic) bond motifs is 3. The first-order chi connectivity index (χ1) is 16.7. The smallest absolute Gasteiger partial charge is 0.323 e. The van der Waals surface area contributed by atoms with Crippen molar-refractivity contribution in [2.75, 3.05) is 44.4 Å². The molecule has 176 valence electrons. The van der Waals surface area contributed by atoms with Crippen molar-refractivity contribution in [1.82, 2.24) is 4.57 Å². The van der Waals surface area contributed by atoms with E-state index in [1.54, 1.807) is 0 Å². The molecule has 0 spiro atoms. The maximum absolute atomic E-state index is 11.4. The van der Waals surface area contributed by atoms with Crippen LogP contribution in [-0.4, -0.2) is 55.2 Å². The molecule has 1 aliphatic rings. The topological polar surface area (TPSA) is 73.2 Å². The predicted octanol–water partition coefficient (Wildman–Crippen LogP) is 4.56. The van der Waals surface area contributed by atoms with Crippen LogP contribution in [0.5, 0.6) is 11.5 Å². The number of benzene rings is 3. The van der Waals surface area contributed by atoms with E-state index in [-0.39, 0.29) is 6.54 Å². The summed E-state index contributed by atoms with van der Waals surface area (Å²) in [6.45, 7) is 4.27. The van der Waals surface area contributed by atoms with Crippen molar-refractivity contribution in [3.63, 3.8) is 0 Å². The van der Waals surface area contributed by atoms with Gasteiger partial charge in [-0.25, -0.2) is 0 Å². The molecule has 1 saturated heterocycles. The molecule has 0 aliphatic carbocycles. The Hall–Kier alpha value is -3.71. The number of aromatic nitrogens is 1. The van der Waals surface area contributed by atoms with Crippen LogP contribution in [-0.2, 0) is 16.1 Å². The third kappa shape index (κ3) is 4.79. The van der Waals surface area contributed by atoms with Crippen LogP contribution in [0.2, 0.25) is 0 Å². The van der Waals surface area contributed by atoms with Crippen molar-refractivity contribution < 1.29 is 24.1 Å². The number of anilines is 1. The zero-order valence-corrected chi connectivity index (χ0v) is 19.0. The Kier molecular flexibility index (Phi) is 6.53. The van der Waals surface area contributed by atoms with Gasteiger partial charge in [0.2, 0.25) is 0 Å². The Morgan fingerprint density at radius 1 is 0.853 bits per heavy atom. The SMILES string of the molecule is O=C(O)Cn1c2ccccc2c2ccc(OCCCOc3cccc(N4CCOCC4)c3)cc21. The molecule has 34 heavy (non-hydrogen) atoms. The first-order valence-electron chi connectivity index (χ1n) is 11.6. The van der Waals surface area contributed by atoms with Gasteiger partial charge in [-0.05, 0) is 30.3 Å². The van der Waals surface area contributed by atoms with Crippen LogP contribution in [0.3, 0.4) is 0 Å². The van der Waals surface area contributed by atoms with Crippen LogP contribution in [0.1, 0.15) is 6.42 Å². The Labute approximate surface area is 198 Å². The first-order valence-corrected chi connectivity index (χ1v) is 11.6. The van der Waals surface area contributed by atoms with Gasteiger partial charge in [0.25, 0.3) is 0 Å². The van der Waals surface area contributed by atoms with Crippen molar-refractivity contribution >= 4 is 33.5 Å². The highest BCUT2D eigenvalue weighted by atomic mass is 16.5. The highest BCUT2D eigenvalue weighted by Gasteiger charge is 2.14. The molecule has 1 fully saturated rings. The van der Waals surface area contributed by atoms with E-state index in [2.05, 4.69) is 17.0 Å². The van der Waals surface area contributed by atoms with E-state index in [0.29, 0.717) is 13.2 Å². The summed E-state index contributed by atoms with van der Waals surface area (Å²) in [5.41, 5.74) is 2.92. The van der Waals surface area contributed by atoms with Gasteiger partial charge in [0.05, 0.1) is 31.9 Å². The molecule has 0 radical (unpaired) electrons. The molecule has 2 heterocycles. The fourth-order valence-corrected chi connectivity index (χ4v) is 4.45. The Morgan fingerprint density at radius 2 is 1.59 bits per heavy atom. The molecule has 0 saturated carbocycles. The largest absolute Gasteiger partial charge is 0.493 e. The van der Waals surface area contributed by atoms with Crippen LogP contribution >= 0.6 is 0 Å². The molecular weight excluding hydrogens is 432 g/mol. The van der Waals surface area contributed by atoms with Gasteiger partial charge in [0, 0.05) is 53.6 Å². The minimum Gasteiger partial charge on any atom is -0.493 e. The Bertz CT molecular complexity index is 1290. The van der Waals surface area contributed by atoms with Crippen LogP contribution < -0.4 is 14.4 Å². The molecule has 0 atom stereocenters. The zero-order chi connectivity index (χ0) is 23.3. The van der Waals surface area contributed by atoms with Gasteiger partial charge in [-0.2, -0.15) is 0 Å². The number of carbonyl (C=O) groups is 1. The molecule has 1 aliphatic heterocycles. The fraction of sp³-hybridized carbons (Fsp3) is 0.296. The van der Waals surface area contributed by atoms with E-state index >= 15 is 0 Å². The van der Waals surface area contributed by atoms with E-state index in [9.17, 15) is 9.90 Å². The van der Waals surface area contributed by atoms with Crippen LogP contribution in [0, 0.1) is 0 Å². The molecule has 3 aromatic carbocycles. The van der Waals surface area contributed by atoms with Gasteiger partial charge in [-0.1, -0.05) is 24.3 Å². The molecule has 0 amide bonds. The lowest BCUT2D eigenvalue weighted by molar-refractivity contribution is -0.137. The zero-order valence-electron chi connectivity index (χ0n) is 19.0. The summed E-state index contributed by atoms with van der Waals surface area (Å²) in [5.74, 6) is 0.698. The normalized spacial score (nSPS) is 13.9. The summed E-state index contributed by atoms with van der Waals surface area (Å²) >= 11 is 0. The number of carboxylic acids is 1. The average molecular weight is 461 g/mol. The minimum atomic E-state index is -0.871. The molecule has 5 rings (SSSR count). The van der Waals surface area contributed by atoms with E-state index < -0.39 is 5.97 Å². The number of rotatable bonds is 9. The van der Waals surface area contributed by atoms with E-state index in [0.717, 1.165) is 71.7 Å². The van der Waals surface area contributed by atoms with Crippen LogP contribution in [0.4, 0.5) is 5.69 Å². The lowest BCUT2D eigenvalue weighted by Gasteiger charge is -2.29. The number of carboxylic acid groups (broad SMARTS) is 1. The predicted molar refractivity (Wildman–Crippen MR) is 132 cm³/mol. The third-order valence-electron chi connectivity index (χ3n) is 6.06. The van der Waals surface area contributed by atoms with Crippen LogP contribution in [0.15, 0.2) is 66.7 Å². The van der Waals surface area contributed by atoms with Crippen molar-refractivity contribution in [1.29, 1.82) is 0 Å². The summed E-state index contributed by atoms with van der Waals surface area (Å²) in [5, 5.41) is 11.4. The summed E-state index contributed by atoms with van der Waals surface area (Å²) in [7, 11) is 0. The number of nitrogens with zero attached hydrogens (tertiary/aromatic N) is 2. The third-order valence-corrected chi connectivity index (χ3v) is 6.06.